The molecule has 7 heteroatoms. The Labute approximate surface area is 140 Å². The molecule has 1 N–H and O–H groups in total. The Morgan fingerprint density at radius 3 is 2.42 bits per heavy atom. The number of benzene rings is 2. The Balaban J connectivity index is 1.63. The molecule has 5 nitrogen and oxygen atoms in total. The molecule has 0 aromatic heterocycles. The second kappa shape index (κ2) is 6.70. The lowest BCUT2D eigenvalue weighted by Crippen LogP contribution is -2.31. The number of amides is 1. The van der Waals surface area contributed by atoms with Gasteiger partial charge in [-0.15, -0.1) is 0 Å². The fraction of sp³-hybridized carbons (Fsp3) is 0.235. The lowest BCUT2D eigenvalue weighted by atomic mass is 10.1. The average molecular weight is 348 g/mol. The molecule has 2 aromatic rings. The van der Waals surface area contributed by atoms with E-state index in [0.29, 0.717) is 13.0 Å². The fourth-order valence-electron chi connectivity index (χ4n) is 2.70. The van der Waals surface area contributed by atoms with Crippen LogP contribution in [0.3, 0.4) is 0 Å². The van der Waals surface area contributed by atoms with Gasteiger partial charge in [0.15, 0.2) is 0 Å². The van der Waals surface area contributed by atoms with E-state index in [-0.39, 0.29) is 23.3 Å². The summed E-state index contributed by atoms with van der Waals surface area (Å²) < 4.78 is 39.8. The summed E-state index contributed by atoms with van der Waals surface area (Å²) in [6.07, 6.45) is 0.292. The number of carbonyl (C=O) groups is 1. The van der Waals surface area contributed by atoms with Crippen LogP contribution in [0.25, 0.3) is 0 Å². The van der Waals surface area contributed by atoms with Gasteiger partial charge >= 0.3 is 0 Å². The summed E-state index contributed by atoms with van der Waals surface area (Å²) in [5.74, 6) is -0.617. The molecule has 1 saturated heterocycles. The van der Waals surface area contributed by atoms with E-state index in [9.17, 15) is 17.6 Å². The highest BCUT2D eigenvalue weighted by atomic mass is 32.2. The van der Waals surface area contributed by atoms with Gasteiger partial charge in [0.2, 0.25) is 15.9 Å². The Kier molecular flexibility index (Phi) is 4.64. The van der Waals surface area contributed by atoms with Gasteiger partial charge in [-0.05, 0) is 42.3 Å². The molecule has 0 saturated carbocycles. The maximum absolute atomic E-state index is 12.9. The van der Waals surface area contributed by atoms with E-state index in [4.69, 9.17) is 0 Å². The van der Waals surface area contributed by atoms with E-state index < -0.39 is 15.8 Å². The number of rotatable bonds is 5. The first-order valence-corrected chi connectivity index (χ1v) is 9.05. The van der Waals surface area contributed by atoms with Crippen LogP contribution in [-0.2, 0) is 14.8 Å². The van der Waals surface area contributed by atoms with E-state index in [1.165, 1.54) is 12.1 Å². The number of hydrogen-bond acceptors (Lipinski definition) is 3. The largest absolute Gasteiger partial charge is 0.312 e. The molecule has 2 aromatic carbocycles. The first-order valence-electron chi connectivity index (χ1n) is 7.56. The highest BCUT2D eigenvalue weighted by Gasteiger charge is 2.31. The summed E-state index contributed by atoms with van der Waals surface area (Å²) in [5.41, 5.74) is 0.811. The van der Waals surface area contributed by atoms with Gasteiger partial charge in [0.25, 0.3) is 0 Å². The number of hydrogen-bond donors (Lipinski definition) is 1. The third-order valence-electron chi connectivity index (χ3n) is 3.96. The smallest absolute Gasteiger partial charge is 0.240 e. The van der Waals surface area contributed by atoms with Crippen molar-refractivity contribution >= 4 is 21.6 Å². The van der Waals surface area contributed by atoms with Crippen LogP contribution in [0.2, 0.25) is 0 Å². The highest BCUT2D eigenvalue weighted by Crippen LogP contribution is 2.24. The predicted octanol–water partition coefficient (Wildman–Crippen LogP) is 2.16. The number of sulfonamides is 1. The minimum Gasteiger partial charge on any atom is -0.312 e. The van der Waals surface area contributed by atoms with Gasteiger partial charge in [-0.1, -0.05) is 18.2 Å². The first-order chi connectivity index (χ1) is 11.5. The molecule has 0 spiro atoms. The first kappa shape index (κ1) is 16.6. The maximum atomic E-state index is 12.9. The number of nitrogens with zero attached hydrogens (tertiary/aromatic N) is 1. The topological polar surface area (TPSA) is 66.5 Å². The van der Waals surface area contributed by atoms with Gasteiger partial charge in [-0.25, -0.2) is 17.5 Å². The lowest BCUT2D eigenvalue weighted by Gasteiger charge is -2.17. The summed E-state index contributed by atoms with van der Waals surface area (Å²) in [5, 5.41) is 0. The number of anilines is 1. The SMILES string of the molecule is O=C1CC(CNS(=O)(=O)c2ccc(F)cc2)CN1c1ccccc1. The van der Waals surface area contributed by atoms with Crippen LogP contribution >= 0.6 is 0 Å². The molecular formula is C17H17FN2O3S. The van der Waals surface area contributed by atoms with Crippen molar-refractivity contribution in [2.45, 2.75) is 11.3 Å². The van der Waals surface area contributed by atoms with Crippen LogP contribution in [0, 0.1) is 11.7 Å². The van der Waals surface area contributed by atoms with E-state index in [0.717, 1.165) is 17.8 Å². The fourth-order valence-corrected chi connectivity index (χ4v) is 3.82. The van der Waals surface area contributed by atoms with E-state index >= 15 is 0 Å². The molecule has 0 bridgehead atoms. The Hall–Kier alpha value is -2.25. The highest BCUT2D eigenvalue weighted by molar-refractivity contribution is 7.89. The number of halogens is 1. The second-order valence-electron chi connectivity index (χ2n) is 5.72. The second-order valence-corrected chi connectivity index (χ2v) is 7.48. The summed E-state index contributed by atoms with van der Waals surface area (Å²) in [6.45, 7) is 0.629. The van der Waals surface area contributed by atoms with Crippen molar-refractivity contribution in [1.82, 2.24) is 4.72 Å². The van der Waals surface area contributed by atoms with Crippen LogP contribution in [0.4, 0.5) is 10.1 Å². The molecule has 1 fully saturated rings. The summed E-state index contributed by atoms with van der Waals surface area (Å²) >= 11 is 0. The molecule has 1 heterocycles. The number of para-hydroxylation sites is 1. The third-order valence-corrected chi connectivity index (χ3v) is 5.40. The zero-order valence-electron chi connectivity index (χ0n) is 12.9. The normalized spacial score (nSPS) is 18.1. The molecule has 1 atom stereocenters. The third kappa shape index (κ3) is 3.63. The van der Waals surface area contributed by atoms with Crippen LogP contribution in [-0.4, -0.2) is 27.4 Å². The van der Waals surface area contributed by atoms with Crippen molar-refractivity contribution in [1.29, 1.82) is 0 Å². The Morgan fingerprint density at radius 2 is 1.75 bits per heavy atom. The van der Waals surface area contributed by atoms with Crippen molar-refractivity contribution in [3.8, 4) is 0 Å². The quantitative estimate of drug-likeness (QED) is 0.900. The molecule has 126 valence electrons. The molecule has 24 heavy (non-hydrogen) atoms. The van der Waals surface area contributed by atoms with Gasteiger partial charge in [0.1, 0.15) is 5.82 Å². The summed E-state index contributed by atoms with van der Waals surface area (Å²) in [4.78, 5) is 13.8. The van der Waals surface area contributed by atoms with Crippen molar-refractivity contribution < 1.29 is 17.6 Å². The molecule has 1 aliphatic heterocycles. The van der Waals surface area contributed by atoms with E-state index in [2.05, 4.69) is 4.72 Å². The molecule has 1 amide bonds. The lowest BCUT2D eigenvalue weighted by molar-refractivity contribution is -0.117. The standard InChI is InChI=1S/C17H17FN2O3S/c18-14-6-8-16(9-7-14)24(22,23)19-11-13-10-17(21)20(12-13)15-4-2-1-3-5-15/h1-9,13,19H,10-12H2. The van der Waals surface area contributed by atoms with Crippen LogP contribution in [0.5, 0.6) is 0 Å². The van der Waals surface area contributed by atoms with Gasteiger partial charge in [-0.3, -0.25) is 4.79 Å². The number of carbonyl (C=O) groups excluding carboxylic acids is 1. The summed E-state index contributed by atoms with van der Waals surface area (Å²) in [6, 6.07) is 13.9. The van der Waals surface area contributed by atoms with Crippen LogP contribution < -0.4 is 9.62 Å². The molecular weight excluding hydrogens is 331 g/mol. The van der Waals surface area contributed by atoms with Crippen molar-refractivity contribution in [3.05, 3.63) is 60.4 Å². The molecule has 0 radical (unpaired) electrons. The van der Waals surface area contributed by atoms with Gasteiger partial charge in [0, 0.05) is 25.2 Å². The zero-order chi connectivity index (χ0) is 17.2. The minimum absolute atomic E-state index is 0.00754. The molecule has 1 unspecified atom stereocenters. The van der Waals surface area contributed by atoms with E-state index in [1.54, 1.807) is 4.90 Å². The minimum atomic E-state index is -3.71. The van der Waals surface area contributed by atoms with E-state index in [1.807, 2.05) is 30.3 Å². The summed E-state index contributed by atoms with van der Waals surface area (Å²) in [7, 11) is -3.71. The van der Waals surface area contributed by atoms with Gasteiger partial charge < -0.3 is 4.90 Å². The molecule has 0 aliphatic carbocycles. The molecule has 3 rings (SSSR count). The monoisotopic (exact) mass is 348 g/mol. The maximum Gasteiger partial charge on any atom is 0.240 e. The Bertz CT molecular complexity index is 823. The van der Waals surface area contributed by atoms with Crippen molar-refractivity contribution in [2.24, 2.45) is 5.92 Å². The van der Waals surface area contributed by atoms with Crippen LogP contribution in [0.1, 0.15) is 6.42 Å². The average Bonchev–Trinajstić information content (AvgIpc) is 2.95. The Morgan fingerprint density at radius 1 is 1.08 bits per heavy atom. The van der Waals surface area contributed by atoms with Gasteiger partial charge in [0.05, 0.1) is 4.90 Å². The predicted molar refractivity (Wildman–Crippen MR) is 88.5 cm³/mol. The van der Waals surface area contributed by atoms with Crippen LogP contribution in [0.15, 0.2) is 59.5 Å². The number of nitrogens with one attached hydrogen (secondary N) is 1. The van der Waals surface area contributed by atoms with Gasteiger partial charge in [-0.2, -0.15) is 0 Å². The molecule has 1 aliphatic rings. The zero-order valence-corrected chi connectivity index (χ0v) is 13.7. The van der Waals surface area contributed by atoms with Crippen molar-refractivity contribution in [3.63, 3.8) is 0 Å². The van der Waals surface area contributed by atoms with Crippen molar-refractivity contribution in [2.75, 3.05) is 18.0 Å².